The number of fused-ring (bicyclic) bond motifs is 1. The molecule has 1 aliphatic heterocycles. The van der Waals surface area contributed by atoms with Crippen LogP contribution in [0.4, 0.5) is 10.5 Å². The molecule has 4 N–H and O–H groups in total. The third-order valence-electron chi connectivity index (χ3n) is 5.32. The first-order valence-corrected chi connectivity index (χ1v) is 9.13. The van der Waals surface area contributed by atoms with Gasteiger partial charge in [-0.2, -0.15) is 0 Å². The van der Waals surface area contributed by atoms with E-state index in [1.807, 2.05) is 0 Å². The molecule has 2 heterocycles. The van der Waals surface area contributed by atoms with Crippen LogP contribution in [0.15, 0.2) is 23.0 Å². The van der Waals surface area contributed by atoms with Gasteiger partial charge in [-0.05, 0) is 31.0 Å². The molecule has 4 rings (SSSR count). The summed E-state index contributed by atoms with van der Waals surface area (Å²) >= 11 is 0. The van der Waals surface area contributed by atoms with Gasteiger partial charge in [-0.15, -0.1) is 0 Å². The number of amides is 4. The molecule has 0 atom stereocenters. The van der Waals surface area contributed by atoms with Gasteiger partial charge < -0.3 is 20.6 Å². The minimum Gasteiger partial charge on any atom is -0.326 e. The topological polar surface area (TPSA) is 127 Å². The second-order valence-corrected chi connectivity index (χ2v) is 7.17. The van der Waals surface area contributed by atoms with Crippen LogP contribution in [0, 0.1) is 0 Å². The molecular weight excluding hydrogens is 350 g/mol. The number of carbonyl (C=O) groups excluding carboxylic acids is 3. The van der Waals surface area contributed by atoms with Crippen molar-refractivity contribution in [2.45, 2.75) is 44.1 Å². The number of rotatable bonds is 4. The molecular formula is C18H21N5O4. The van der Waals surface area contributed by atoms with Gasteiger partial charge in [0, 0.05) is 18.7 Å². The number of aromatic nitrogens is 2. The summed E-state index contributed by atoms with van der Waals surface area (Å²) in [5.41, 5.74) is 0.686. The second-order valence-electron chi connectivity index (χ2n) is 7.17. The number of H-pyrrole nitrogens is 2. The van der Waals surface area contributed by atoms with Crippen molar-refractivity contribution < 1.29 is 14.4 Å². The summed E-state index contributed by atoms with van der Waals surface area (Å²) in [7, 11) is 0. The highest BCUT2D eigenvalue weighted by Gasteiger charge is 2.50. The molecule has 1 saturated carbocycles. The molecule has 4 amide bonds. The quantitative estimate of drug-likeness (QED) is 0.606. The molecule has 142 valence electrons. The zero-order valence-corrected chi connectivity index (χ0v) is 14.8. The highest BCUT2D eigenvalue weighted by Crippen LogP contribution is 2.33. The first-order valence-electron chi connectivity index (χ1n) is 9.13. The van der Waals surface area contributed by atoms with Crippen molar-refractivity contribution >= 4 is 34.6 Å². The van der Waals surface area contributed by atoms with Crippen LogP contribution in [0.1, 0.15) is 38.5 Å². The van der Waals surface area contributed by atoms with Crippen molar-refractivity contribution in [1.29, 1.82) is 0 Å². The van der Waals surface area contributed by atoms with E-state index in [0.29, 0.717) is 29.6 Å². The zero-order chi connectivity index (χ0) is 19.0. The normalized spacial score (nSPS) is 18.9. The van der Waals surface area contributed by atoms with Gasteiger partial charge in [-0.3, -0.25) is 14.5 Å². The lowest BCUT2D eigenvalue weighted by molar-refractivity contribution is -0.132. The fraction of sp³-hybridized carbons (Fsp3) is 0.444. The highest BCUT2D eigenvalue weighted by molar-refractivity contribution is 6.07. The smallest absolute Gasteiger partial charge is 0.325 e. The summed E-state index contributed by atoms with van der Waals surface area (Å²) in [6, 6.07) is 4.60. The summed E-state index contributed by atoms with van der Waals surface area (Å²) < 4.78 is 0. The Labute approximate surface area is 154 Å². The number of aromatic amines is 2. The highest BCUT2D eigenvalue weighted by atomic mass is 16.2. The first-order chi connectivity index (χ1) is 13.0. The fourth-order valence-corrected chi connectivity index (χ4v) is 3.92. The summed E-state index contributed by atoms with van der Waals surface area (Å²) in [6.45, 7) is 0.0431. The Morgan fingerprint density at radius 3 is 2.59 bits per heavy atom. The maximum Gasteiger partial charge on any atom is 0.325 e. The van der Waals surface area contributed by atoms with Gasteiger partial charge in [0.1, 0.15) is 5.54 Å². The molecule has 9 nitrogen and oxygen atoms in total. The van der Waals surface area contributed by atoms with E-state index in [0.717, 1.165) is 24.2 Å². The fourth-order valence-electron chi connectivity index (χ4n) is 3.92. The lowest BCUT2D eigenvalue weighted by Gasteiger charge is -2.30. The monoisotopic (exact) mass is 371 g/mol. The maximum atomic E-state index is 12.7. The summed E-state index contributed by atoms with van der Waals surface area (Å²) in [5, 5.41) is 5.56. The van der Waals surface area contributed by atoms with Crippen LogP contribution < -0.4 is 16.3 Å². The lowest BCUT2D eigenvalue weighted by Crippen LogP contribution is -2.48. The van der Waals surface area contributed by atoms with Gasteiger partial charge in [0.15, 0.2) is 0 Å². The number of nitrogens with one attached hydrogen (secondary N) is 4. The molecule has 1 aromatic carbocycles. The van der Waals surface area contributed by atoms with Gasteiger partial charge in [-0.1, -0.05) is 19.3 Å². The van der Waals surface area contributed by atoms with E-state index in [-0.39, 0.29) is 30.5 Å². The Bertz CT molecular complexity index is 970. The van der Waals surface area contributed by atoms with Gasteiger partial charge >= 0.3 is 11.7 Å². The molecule has 27 heavy (non-hydrogen) atoms. The Balaban J connectivity index is 1.37. The third kappa shape index (κ3) is 3.20. The number of benzene rings is 1. The lowest BCUT2D eigenvalue weighted by atomic mass is 9.82. The van der Waals surface area contributed by atoms with E-state index in [1.54, 1.807) is 18.2 Å². The molecule has 1 saturated heterocycles. The maximum absolute atomic E-state index is 12.7. The number of nitrogens with zero attached hydrogens (tertiary/aromatic N) is 1. The van der Waals surface area contributed by atoms with Crippen molar-refractivity contribution in [2.24, 2.45) is 0 Å². The predicted octanol–water partition coefficient (Wildman–Crippen LogP) is 1.44. The largest absolute Gasteiger partial charge is 0.326 e. The van der Waals surface area contributed by atoms with E-state index in [4.69, 9.17) is 0 Å². The average Bonchev–Trinajstić information content (AvgIpc) is 3.11. The van der Waals surface area contributed by atoms with E-state index in [2.05, 4.69) is 20.6 Å². The summed E-state index contributed by atoms with van der Waals surface area (Å²) in [6.07, 6.45) is 4.25. The second kappa shape index (κ2) is 6.57. The van der Waals surface area contributed by atoms with Crippen molar-refractivity contribution in [2.75, 3.05) is 11.9 Å². The summed E-state index contributed by atoms with van der Waals surface area (Å²) in [5.74, 6) is -0.524. The van der Waals surface area contributed by atoms with Crippen molar-refractivity contribution in [3.63, 3.8) is 0 Å². The number of carbonyl (C=O) groups is 3. The minimum atomic E-state index is -0.767. The standard InChI is InChI=1S/C18H21N5O4/c24-14(19-11-4-5-12-13(10-11)21-16(26)20-12)6-9-23-15(25)18(22-17(23)27)7-2-1-3-8-18/h4-5,10H,1-3,6-9H2,(H,19,24)(H,22,27)(H2,20,21,26). The SMILES string of the molecule is O=C(CCN1C(=O)NC2(CCCCC2)C1=O)Nc1ccc2[nH]c(=O)[nH]c2c1. The van der Waals surface area contributed by atoms with Gasteiger partial charge in [0.2, 0.25) is 5.91 Å². The minimum absolute atomic E-state index is 0.0108. The number of hydrogen-bond acceptors (Lipinski definition) is 4. The molecule has 1 aromatic heterocycles. The third-order valence-corrected chi connectivity index (χ3v) is 5.32. The first kappa shape index (κ1) is 17.3. The average molecular weight is 371 g/mol. The molecule has 0 radical (unpaired) electrons. The van der Waals surface area contributed by atoms with Crippen LogP contribution in [0.2, 0.25) is 0 Å². The number of hydrogen-bond donors (Lipinski definition) is 4. The predicted molar refractivity (Wildman–Crippen MR) is 98.2 cm³/mol. The number of imidazole rings is 1. The van der Waals surface area contributed by atoms with Gasteiger partial charge in [-0.25, -0.2) is 9.59 Å². The van der Waals surface area contributed by atoms with Gasteiger partial charge in [0.25, 0.3) is 5.91 Å². The van der Waals surface area contributed by atoms with Crippen LogP contribution in [-0.2, 0) is 9.59 Å². The van der Waals surface area contributed by atoms with Crippen LogP contribution in [0.25, 0.3) is 11.0 Å². The number of urea groups is 1. The number of imide groups is 1. The molecule has 0 bridgehead atoms. The van der Waals surface area contributed by atoms with E-state index >= 15 is 0 Å². The molecule has 1 spiro atoms. The Morgan fingerprint density at radius 2 is 1.81 bits per heavy atom. The molecule has 2 aliphatic rings. The molecule has 2 aromatic rings. The molecule has 0 unspecified atom stereocenters. The van der Waals surface area contributed by atoms with Crippen LogP contribution >= 0.6 is 0 Å². The molecule has 2 fully saturated rings. The Morgan fingerprint density at radius 1 is 1.07 bits per heavy atom. The van der Waals surface area contributed by atoms with Crippen molar-refractivity contribution in [1.82, 2.24) is 20.2 Å². The van der Waals surface area contributed by atoms with Crippen LogP contribution in [-0.4, -0.2) is 44.8 Å². The summed E-state index contributed by atoms with van der Waals surface area (Å²) in [4.78, 5) is 54.8. The zero-order valence-electron chi connectivity index (χ0n) is 14.8. The van der Waals surface area contributed by atoms with Gasteiger partial charge in [0.05, 0.1) is 11.0 Å². The van der Waals surface area contributed by atoms with Crippen molar-refractivity contribution in [3.05, 3.63) is 28.7 Å². The van der Waals surface area contributed by atoms with E-state index in [9.17, 15) is 19.2 Å². The Kier molecular flexibility index (Phi) is 4.21. The van der Waals surface area contributed by atoms with Crippen molar-refractivity contribution in [3.8, 4) is 0 Å². The Hall–Kier alpha value is -3.10. The van der Waals surface area contributed by atoms with E-state index in [1.165, 1.54) is 0 Å². The van der Waals surface area contributed by atoms with Crippen LogP contribution in [0.3, 0.4) is 0 Å². The van der Waals surface area contributed by atoms with Crippen LogP contribution in [0.5, 0.6) is 0 Å². The number of anilines is 1. The van der Waals surface area contributed by atoms with E-state index < -0.39 is 11.6 Å². The molecule has 1 aliphatic carbocycles. The molecule has 9 heteroatoms.